The third-order valence-corrected chi connectivity index (χ3v) is 5.96. The number of halogens is 1. The molecule has 1 N–H and O–H groups in total. The van der Waals surface area contributed by atoms with Crippen molar-refractivity contribution in [1.29, 1.82) is 0 Å². The Morgan fingerprint density at radius 2 is 1.53 bits per heavy atom. The minimum absolute atomic E-state index is 0.0939. The monoisotopic (exact) mass is 499 g/mol. The predicted octanol–water partition coefficient (Wildman–Crippen LogP) is 5.31. The Bertz CT molecular complexity index is 1520. The van der Waals surface area contributed by atoms with Crippen LogP contribution in [-0.2, 0) is 17.8 Å². The molecule has 7 heteroatoms. The minimum Gasteiger partial charge on any atom is -0.355 e. The first kappa shape index (κ1) is 24.9. The highest BCUT2D eigenvalue weighted by atomic mass is 35.5. The maximum atomic E-state index is 14.0. The molecule has 0 aliphatic heterocycles. The molecule has 0 bridgehead atoms. The van der Waals surface area contributed by atoms with E-state index in [1.165, 1.54) is 17.6 Å². The van der Waals surface area contributed by atoms with Crippen molar-refractivity contribution in [3.05, 3.63) is 134 Å². The number of anilines is 1. The van der Waals surface area contributed by atoms with E-state index >= 15 is 0 Å². The number of carbonyl (C=O) groups is 1. The van der Waals surface area contributed by atoms with Gasteiger partial charge in [-0.3, -0.25) is 18.7 Å². The summed E-state index contributed by atoms with van der Waals surface area (Å²) in [6.45, 7) is 3.40. The first-order valence-corrected chi connectivity index (χ1v) is 12.0. The highest BCUT2D eigenvalue weighted by molar-refractivity contribution is 6.30. The number of allylic oxidation sites excluding steroid dienone is 1. The molecule has 3 aromatic carbocycles. The lowest BCUT2D eigenvalue weighted by molar-refractivity contribution is -0.112. The van der Waals surface area contributed by atoms with Crippen LogP contribution in [0.1, 0.15) is 30.7 Å². The van der Waals surface area contributed by atoms with Gasteiger partial charge in [0.25, 0.3) is 5.56 Å². The summed E-state index contributed by atoms with van der Waals surface area (Å²) in [5, 5.41) is 3.78. The van der Waals surface area contributed by atoms with E-state index in [1.807, 2.05) is 67.6 Å². The van der Waals surface area contributed by atoms with Gasteiger partial charge >= 0.3 is 5.69 Å². The lowest BCUT2D eigenvalue weighted by Gasteiger charge is -2.21. The fraction of sp³-hybridized carbons (Fsp3) is 0.138. The zero-order valence-electron chi connectivity index (χ0n) is 20.1. The highest BCUT2D eigenvalue weighted by Crippen LogP contribution is 2.23. The molecule has 182 valence electrons. The van der Waals surface area contributed by atoms with Crippen molar-refractivity contribution < 1.29 is 4.79 Å². The molecule has 0 atom stereocenters. The SMILES string of the molecule is CCc1c(/C(=C\C(C)=O)Nc2ccc(Cl)cc2)c(=O)n(Cc2ccccc2)c(=O)n1-c1ccccc1. The number of rotatable bonds is 8. The Hall–Kier alpha value is -4.16. The number of nitrogens with zero attached hydrogens (tertiary/aromatic N) is 2. The zero-order chi connectivity index (χ0) is 25.7. The van der Waals surface area contributed by atoms with E-state index in [1.54, 1.807) is 28.8 Å². The van der Waals surface area contributed by atoms with Crippen LogP contribution in [0.5, 0.6) is 0 Å². The molecular weight excluding hydrogens is 474 g/mol. The topological polar surface area (TPSA) is 73.1 Å². The van der Waals surface area contributed by atoms with Gasteiger partial charge in [-0.25, -0.2) is 4.79 Å². The van der Waals surface area contributed by atoms with Gasteiger partial charge < -0.3 is 5.32 Å². The Balaban J connectivity index is 2.03. The smallest absolute Gasteiger partial charge is 0.336 e. The second kappa shape index (κ2) is 11.1. The lowest BCUT2D eigenvalue weighted by Crippen LogP contribution is -2.43. The van der Waals surface area contributed by atoms with Crippen LogP contribution in [0.25, 0.3) is 11.4 Å². The third kappa shape index (κ3) is 5.39. The first-order chi connectivity index (χ1) is 17.4. The summed E-state index contributed by atoms with van der Waals surface area (Å²) >= 11 is 6.04. The molecule has 6 nitrogen and oxygen atoms in total. The maximum Gasteiger partial charge on any atom is 0.336 e. The molecule has 0 unspecified atom stereocenters. The molecule has 1 heterocycles. The van der Waals surface area contributed by atoms with Crippen molar-refractivity contribution in [2.75, 3.05) is 5.32 Å². The Morgan fingerprint density at radius 1 is 0.917 bits per heavy atom. The van der Waals surface area contributed by atoms with Crippen LogP contribution in [0.4, 0.5) is 5.69 Å². The molecule has 1 aromatic heterocycles. The van der Waals surface area contributed by atoms with E-state index in [2.05, 4.69) is 5.32 Å². The molecule has 0 fully saturated rings. The van der Waals surface area contributed by atoms with Gasteiger partial charge in [-0.15, -0.1) is 0 Å². The molecule has 0 saturated carbocycles. The Morgan fingerprint density at radius 3 is 2.11 bits per heavy atom. The molecule has 0 radical (unpaired) electrons. The van der Waals surface area contributed by atoms with Crippen LogP contribution in [-0.4, -0.2) is 14.9 Å². The number of carbonyl (C=O) groups excluding carboxylic acids is 1. The second-order valence-corrected chi connectivity index (χ2v) is 8.74. The first-order valence-electron chi connectivity index (χ1n) is 11.6. The second-order valence-electron chi connectivity index (χ2n) is 8.31. The minimum atomic E-state index is -0.471. The molecule has 0 aliphatic rings. The largest absolute Gasteiger partial charge is 0.355 e. The van der Waals surface area contributed by atoms with E-state index in [-0.39, 0.29) is 17.9 Å². The Labute approximate surface area is 214 Å². The average Bonchev–Trinajstić information content (AvgIpc) is 2.88. The summed E-state index contributed by atoms with van der Waals surface area (Å²) in [5.74, 6) is -0.236. The van der Waals surface area contributed by atoms with Crippen LogP contribution in [0, 0.1) is 0 Å². The zero-order valence-corrected chi connectivity index (χ0v) is 20.8. The molecule has 4 aromatic rings. The van der Waals surface area contributed by atoms with E-state index < -0.39 is 11.2 Å². The molecule has 0 amide bonds. The fourth-order valence-corrected chi connectivity index (χ4v) is 4.24. The Kier molecular flexibility index (Phi) is 7.66. The summed E-state index contributed by atoms with van der Waals surface area (Å²) in [5.41, 5.74) is 2.28. The van der Waals surface area contributed by atoms with Crippen LogP contribution in [0.15, 0.2) is 101 Å². The van der Waals surface area contributed by atoms with Crippen molar-refractivity contribution in [2.24, 2.45) is 0 Å². The molecule has 4 rings (SSSR count). The van der Waals surface area contributed by atoms with Gasteiger partial charge in [0.15, 0.2) is 5.78 Å². The van der Waals surface area contributed by atoms with Crippen molar-refractivity contribution in [3.63, 3.8) is 0 Å². The van der Waals surface area contributed by atoms with Gasteiger partial charge in [0.2, 0.25) is 0 Å². The van der Waals surface area contributed by atoms with Crippen molar-refractivity contribution in [1.82, 2.24) is 9.13 Å². The third-order valence-electron chi connectivity index (χ3n) is 5.71. The molecule has 0 aliphatic carbocycles. The summed E-state index contributed by atoms with van der Waals surface area (Å²) in [6.07, 6.45) is 1.77. The van der Waals surface area contributed by atoms with Crippen molar-refractivity contribution in [3.8, 4) is 5.69 Å². The lowest BCUT2D eigenvalue weighted by atomic mass is 10.1. The normalized spacial score (nSPS) is 11.4. The summed E-state index contributed by atoms with van der Waals surface area (Å²) in [4.78, 5) is 40.0. The fourth-order valence-electron chi connectivity index (χ4n) is 4.11. The van der Waals surface area contributed by atoms with E-state index in [0.717, 1.165) is 5.56 Å². The van der Waals surface area contributed by atoms with Gasteiger partial charge in [0.05, 0.1) is 23.5 Å². The number of benzene rings is 3. The van der Waals surface area contributed by atoms with E-state index in [0.29, 0.717) is 34.2 Å². The number of aromatic nitrogens is 2. The van der Waals surface area contributed by atoms with E-state index in [9.17, 15) is 14.4 Å². The van der Waals surface area contributed by atoms with Crippen LogP contribution >= 0.6 is 11.6 Å². The molecule has 0 saturated heterocycles. The van der Waals surface area contributed by atoms with Gasteiger partial charge in [0.1, 0.15) is 0 Å². The van der Waals surface area contributed by atoms with Crippen LogP contribution in [0.2, 0.25) is 5.02 Å². The van der Waals surface area contributed by atoms with Crippen molar-refractivity contribution >= 4 is 28.8 Å². The van der Waals surface area contributed by atoms with Gasteiger partial charge in [-0.1, -0.05) is 67.1 Å². The standard InChI is InChI=1S/C29H26ClN3O3/c1-3-26-27(25(18-20(2)34)31-23-16-14-22(30)15-17-23)28(35)32(19-21-10-6-4-7-11-21)29(36)33(26)24-12-8-5-9-13-24/h4-18,31H,3,19H2,1-2H3/b25-18+. The molecular formula is C29H26ClN3O3. The number of nitrogens with one attached hydrogen (secondary N) is 1. The maximum absolute atomic E-state index is 14.0. The van der Waals surface area contributed by atoms with Crippen LogP contribution in [0.3, 0.4) is 0 Å². The number of hydrogen-bond acceptors (Lipinski definition) is 4. The number of para-hydroxylation sites is 1. The summed E-state index contributed by atoms with van der Waals surface area (Å²) in [7, 11) is 0. The van der Waals surface area contributed by atoms with Crippen molar-refractivity contribution in [2.45, 2.75) is 26.8 Å². The van der Waals surface area contributed by atoms with E-state index in [4.69, 9.17) is 11.6 Å². The van der Waals surface area contributed by atoms with Gasteiger partial charge in [-0.05, 0) is 55.3 Å². The van der Waals surface area contributed by atoms with Crippen LogP contribution < -0.4 is 16.6 Å². The highest BCUT2D eigenvalue weighted by Gasteiger charge is 2.23. The average molecular weight is 500 g/mol. The quantitative estimate of drug-likeness (QED) is 0.334. The summed E-state index contributed by atoms with van der Waals surface area (Å²) in [6, 6.07) is 25.5. The number of ketones is 1. The van der Waals surface area contributed by atoms with Gasteiger partial charge in [-0.2, -0.15) is 0 Å². The van der Waals surface area contributed by atoms with Gasteiger partial charge in [0, 0.05) is 22.5 Å². The summed E-state index contributed by atoms with van der Waals surface area (Å²) < 4.78 is 2.77. The predicted molar refractivity (Wildman–Crippen MR) is 145 cm³/mol. The molecule has 0 spiro atoms. The molecule has 36 heavy (non-hydrogen) atoms. The number of hydrogen-bond donors (Lipinski definition) is 1.